The first-order valence-corrected chi connectivity index (χ1v) is 4.76. The van der Waals surface area contributed by atoms with Crippen LogP contribution in [0.4, 0.5) is 0 Å². The lowest BCUT2D eigenvalue weighted by atomic mass is 10.3. The smallest absolute Gasteiger partial charge is 0.218 e. The normalized spacial score (nSPS) is 16.8. The highest BCUT2D eigenvalue weighted by molar-refractivity contribution is 5.93. The maximum atomic E-state index is 5.60. The summed E-state index contributed by atoms with van der Waals surface area (Å²) in [5.41, 5.74) is 12.3. The lowest BCUT2D eigenvalue weighted by Gasteiger charge is -2.09. The summed E-state index contributed by atoms with van der Waals surface area (Å²) in [6, 6.07) is 0. The molecule has 1 aliphatic carbocycles. The number of aliphatic imine (C=N–C) groups is 2. The van der Waals surface area contributed by atoms with E-state index >= 15 is 0 Å². The molecule has 0 aromatic carbocycles. The van der Waals surface area contributed by atoms with Crippen LogP contribution in [0.2, 0.25) is 0 Å². The third kappa shape index (κ3) is 3.84. The fourth-order valence-electron chi connectivity index (χ4n) is 1.05. The van der Waals surface area contributed by atoms with Crippen LogP contribution in [-0.2, 0) is 0 Å². The zero-order valence-electron chi connectivity index (χ0n) is 9.14. The van der Waals surface area contributed by atoms with Crippen molar-refractivity contribution in [3.05, 3.63) is 23.8 Å². The molecule has 0 aromatic rings. The summed E-state index contributed by atoms with van der Waals surface area (Å²) in [6.07, 6.45) is 7.21. The van der Waals surface area contributed by atoms with Gasteiger partial charge in [-0.3, -0.25) is 0 Å². The highest BCUT2D eigenvalue weighted by atomic mass is 15.2. The Labute approximate surface area is 89.9 Å². The van der Waals surface area contributed by atoms with Gasteiger partial charge in [0, 0.05) is 14.1 Å². The zero-order chi connectivity index (χ0) is 11.3. The molecule has 5 nitrogen and oxygen atoms in total. The molecule has 0 fully saturated rings. The van der Waals surface area contributed by atoms with Gasteiger partial charge in [-0.25, -0.2) is 4.99 Å². The SMILES string of the molecule is CN(C)C(N)=NC(N)=NCC1=CCC=C1. The van der Waals surface area contributed by atoms with Crippen LogP contribution in [-0.4, -0.2) is 37.5 Å². The van der Waals surface area contributed by atoms with Crippen molar-refractivity contribution in [2.45, 2.75) is 6.42 Å². The number of hydrogen-bond acceptors (Lipinski definition) is 1. The van der Waals surface area contributed by atoms with E-state index in [1.807, 2.05) is 6.08 Å². The number of hydrogen-bond donors (Lipinski definition) is 2. The Morgan fingerprint density at radius 2 is 2.20 bits per heavy atom. The van der Waals surface area contributed by atoms with E-state index in [4.69, 9.17) is 11.5 Å². The first-order valence-electron chi connectivity index (χ1n) is 4.76. The average Bonchev–Trinajstić information content (AvgIpc) is 2.66. The molecule has 15 heavy (non-hydrogen) atoms. The van der Waals surface area contributed by atoms with Gasteiger partial charge >= 0.3 is 0 Å². The molecule has 0 amide bonds. The van der Waals surface area contributed by atoms with Gasteiger partial charge in [-0.05, 0) is 12.0 Å². The third-order valence-electron chi connectivity index (χ3n) is 1.96. The maximum absolute atomic E-state index is 5.60. The predicted octanol–water partition coefficient (Wildman–Crippen LogP) is 0.0637. The first kappa shape index (κ1) is 11.3. The van der Waals surface area contributed by atoms with E-state index in [2.05, 4.69) is 22.1 Å². The van der Waals surface area contributed by atoms with E-state index in [-0.39, 0.29) is 5.96 Å². The van der Waals surface area contributed by atoms with Crippen LogP contribution < -0.4 is 11.5 Å². The van der Waals surface area contributed by atoms with Gasteiger partial charge in [0.2, 0.25) is 5.96 Å². The van der Waals surface area contributed by atoms with Crippen LogP contribution in [0.1, 0.15) is 6.42 Å². The van der Waals surface area contributed by atoms with Crippen molar-refractivity contribution >= 4 is 11.9 Å². The molecule has 0 radical (unpaired) electrons. The molecule has 0 heterocycles. The Kier molecular flexibility index (Phi) is 3.91. The van der Waals surface area contributed by atoms with E-state index < -0.39 is 0 Å². The summed E-state index contributed by atoms with van der Waals surface area (Å²) >= 11 is 0. The maximum Gasteiger partial charge on any atom is 0.218 e. The van der Waals surface area contributed by atoms with Crippen molar-refractivity contribution in [1.82, 2.24) is 4.90 Å². The van der Waals surface area contributed by atoms with Crippen molar-refractivity contribution in [3.8, 4) is 0 Å². The number of nitrogens with two attached hydrogens (primary N) is 2. The van der Waals surface area contributed by atoms with Gasteiger partial charge in [0.05, 0.1) is 6.54 Å². The lowest BCUT2D eigenvalue weighted by Crippen LogP contribution is -2.32. The Morgan fingerprint density at radius 1 is 1.47 bits per heavy atom. The molecule has 0 unspecified atom stereocenters. The van der Waals surface area contributed by atoms with E-state index in [1.54, 1.807) is 19.0 Å². The minimum atomic E-state index is 0.211. The summed E-state index contributed by atoms with van der Waals surface area (Å²) in [5, 5.41) is 0. The molecule has 0 spiro atoms. The molecule has 0 atom stereocenters. The second-order valence-corrected chi connectivity index (χ2v) is 3.46. The van der Waals surface area contributed by atoms with E-state index in [0.717, 1.165) is 12.0 Å². The summed E-state index contributed by atoms with van der Waals surface area (Å²) < 4.78 is 0. The Balaban J connectivity index is 2.52. The number of allylic oxidation sites excluding steroid dienone is 2. The highest BCUT2D eigenvalue weighted by Crippen LogP contribution is 2.08. The Morgan fingerprint density at radius 3 is 2.73 bits per heavy atom. The van der Waals surface area contributed by atoms with E-state index in [9.17, 15) is 0 Å². The van der Waals surface area contributed by atoms with Gasteiger partial charge in [-0.2, -0.15) is 4.99 Å². The molecule has 82 valence electrons. The Bertz CT molecular complexity index is 336. The van der Waals surface area contributed by atoms with Gasteiger partial charge in [0.15, 0.2) is 5.96 Å². The first-order chi connectivity index (χ1) is 7.09. The minimum absolute atomic E-state index is 0.211. The second kappa shape index (κ2) is 5.19. The molecular formula is C10H17N5. The van der Waals surface area contributed by atoms with Crippen LogP contribution in [0.25, 0.3) is 0 Å². The fourth-order valence-corrected chi connectivity index (χ4v) is 1.05. The third-order valence-corrected chi connectivity index (χ3v) is 1.96. The predicted molar refractivity (Wildman–Crippen MR) is 63.6 cm³/mol. The van der Waals surface area contributed by atoms with Crippen LogP contribution in [0, 0.1) is 0 Å². The summed E-state index contributed by atoms with van der Waals surface area (Å²) in [6.45, 7) is 0.562. The van der Waals surface area contributed by atoms with Crippen molar-refractivity contribution in [2.24, 2.45) is 21.5 Å². The number of guanidine groups is 2. The molecular weight excluding hydrogens is 190 g/mol. The number of rotatable bonds is 2. The van der Waals surface area contributed by atoms with Crippen LogP contribution >= 0.6 is 0 Å². The molecule has 5 heteroatoms. The van der Waals surface area contributed by atoms with Gasteiger partial charge in [-0.1, -0.05) is 18.2 Å². The Hall–Kier alpha value is -1.78. The molecule has 0 aromatic heterocycles. The van der Waals surface area contributed by atoms with Crippen molar-refractivity contribution in [1.29, 1.82) is 0 Å². The topological polar surface area (TPSA) is 80.0 Å². The van der Waals surface area contributed by atoms with Gasteiger partial charge in [-0.15, -0.1) is 0 Å². The van der Waals surface area contributed by atoms with Crippen LogP contribution in [0.3, 0.4) is 0 Å². The van der Waals surface area contributed by atoms with Gasteiger partial charge < -0.3 is 16.4 Å². The van der Waals surface area contributed by atoms with Crippen molar-refractivity contribution in [2.75, 3.05) is 20.6 Å². The summed E-state index contributed by atoms with van der Waals surface area (Å²) in [7, 11) is 3.60. The highest BCUT2D eigenvalue weighted by Gasteiger charge is 1.98. The molecule has 0 saturated carbocycles. The monoisotopic (exact) mass is 207 g/mol. The molecule has 0 saturated heterocycles. The van der Waals surface area contributed by atoms with Gasteiger partial charge in [0.25, 0.3) is 0 Å². The standard InChI is InChI=1S/C10H17N5/c1-15(2)10(12)14-9(11)13-7-8-5-3-4-6-8/h3,5-6H,4,7H2,1-2H3,(H4,11,12,13,14). The molecule has 1 rings (SSSR count). The zero-order valence-corrected chi connectivity index (χ0v) is 9.14. The van der Waals surface area contributed by atoms with Crippen molar-refractivity contribution in [3.63, 3.8) is 0 Å². The summed E-state index contributed by atoms with van der Waals surface area (Å²) in [5.74, 6) is 0.564. The molecule has 0 bridgehead atoms. The molecule has 0 aliphatic heterocycles. The van der Waals surface area contributed by atoms with Crippen LogP contribution in [0.15, 0.2) is 33.8 Å². The largest absolute Gasteiger partial charge is 0.369 e. The van der Waals surface area contributed by atoms with Crippen LogP contribution in [0.5, 0.6) is 0 Å². The van der Waals surface area contributed by atoms with E-state index in [1.165, 1.54) is 0 Å². The van der Waals surface area contributed by atoms with Gasteiger partial charge in [0.1, 0.15) is 0 Å². The number of nitrogens with zero attached hydrogens (tertiary/aromatic N) is 3. The fraction of sp³-hybridized carbons (Fsp3) is 0.400. The second-order valence-electron chi connectivity index (χ2n) is 3.46. The summed E-state index contributed by atoms with van der Waals surface area (Å²) in [4.78, 5) is 9.72. The van der Waals surface area contributed by atoms with Crippen molar-refractivity contribution < 1.29 is 0 Å². The lowest BCUT2D eigenvalue weighted by molar-refractivity contribution is 0.615. The molecule has 4 N–H and O–H groups in total. The average molecular weight is 207 g/mol. The minimum Gasteiger partial charge on any atom is -0.369 e. The van der Waals surface area contributed by atoms with E-state index in [0.29, 0.717) is 12.5 Å². The molecule has 1 aliphatic rings. The quantitative estimate of drug-likeness (QED) is 0.496.